The van der Waals surface area contributed by atoms with Crippen LogP contribution in [0.4, 0.5) is 0 Å². The number of hydrogen-bond donors (Lipinski definition) is 2. The maximum Gasteiger partial charge on any atom is 0.309 e. The standard InChI is InChI=1S/C12H22O3/c1-5-9(10(13)14)12(15)7-11(3,4)6-8(12)2/h8-9,15H,5-7H2,1-4H3,(H,13,14). The van der Waals surface area contributed by atoms with Gasteiger partial charge in [0.2, 0.25) is 0 Å². The summed E-state index contributed by atoms with van der Waals surface area (Å²) >= 11 is 0. The molecule has 0 saturated heterocycles. The van der Waals surface area contributed by atoms with Crippen molar-refractivity contribution in [1.29, 1.82) is 0 Å². The molecule has 0 amide bonds. The van der Waals surface area contributed by atoms with Crippen molar-refractivity contribution < 1.29 is 15.0 Å². The van der Waals surface area contributed by atoms with Gasteiger partial charge >= 0.3 is 5.97 Å². The highest BCUT2D eigenvalue weighted by atomic mass is 16.4. The van der Waals surface area contributed by atoms with E-state index in [1.165, 1.54) is 0 Å². The van der Waals surface area contributed by atoms with E-state index >= 15 is 0 Å². The van der Waals surface area contributed by atoms with Gasteiger partial charge in [0.25, 0.3) is 0 Å². The van der Waals surface area contributed by atoms with Gasteiger partial charge in [-0.3, -0.25) is 4.79 Å². The molecule has 0 radical (unpaired) electrons. The van der Waals surface area contributed by atoms with Gasteiger partial charge in [-0.15, -0.1) is 0 Å². The molecular weight excluding hydrogens is 192 g/mol. The van der Waals surface area contributed by atoms with E-state index in [2.05, 4.69) is 13.8 Å². The Morgan fingerprint density at radius 1 is 1.53 bits per heavy atom. The first-order valence-electron chi connectivity index (χ1n) is 5.68. The molecule has 3 unspecified atom stereocenters. The summed E-state index contributed by atoms with van der Waals surface area (Å²) in [6, 6.07) is 0. The highest BCUT2D eigenvalue weighted by Gasteiger charge is 2.53. The summed E-state index contributed by atoms with van der Waals surface area (Å²) in [6.45, 7) is 7.97. The van der Waals surface area contributed by atoms with Crippen LogP contribution < -0.4 is 0 Å². The molecule has 0 heterocycles. The van der Waals surface area contributed by atoms with Crippen LogP contribution in [0.2, 0.25) is 0 Å². The topological polar surface area (TPSA) is 57.5 Å². The lowest BCUT2D eigenvalue weighted by Crippen LogP contribution is -2.44. The molecule has 1 rings (SSSR count). The van der Waals surface area contributed by atoms with Crippen molar-refractivity contribution in [3.8, 4) is 0 Å². The van der Waals surface area contributed by atoms with Crippen molar-refractivity contribution in [2.75, 3.05) is 0 Å². The summed E-state index contributed by atoms with van der Waals surface area (Å²) in [7, 11) is 0. The van der Waals surface area contributed by atoms with E-state index in [0.29, 0.717) is 12.8 Å². The smallest absolute Gasteiger partial charge is 0.309 e. The average Bonchev–Trinajstić information content (AvgIpc) is 2.20. The second-order valence-electron chi connectivity index (χ2n) is 5.74. The van der Waals surface area contributed by atoms with Crippen LogP contribution in [0.3, 0.4) is 0 Å². The van der Waals surface area contributed by atoms with E-state index in [1.54, 1.807) is 0 Å². The predicted molar refractivity (Wildman–Crippen MR) is 58.5 cm³/mol. The van der Waals surface area contributed by atoms with Crippen molar-refractivity contribution in [3.63, 3.8) is 0 Å². The Morgan fingerprint density at radius 2 is 2.07 bits per heavy atom. The Kier molecular flexibility index (Phi) is 3.15. The van der Waals surface area contributed by atoms with Crippen molar-refractivity contribution in [2.24, 2.45) is 17.3 Å². The van der Waals surface area contributed by atoms with Crippen LogP contribution in [0.5, 0.6) is 0 Å². The summed E-state index contributed by atoms with van der Waals surface area (Å²) in [5.74, 6) is -1.44. The molecule has 2 N–H and O–H groups in total. The van der Waals surface area contributed by atoms with Gasteiger partial charge in [0.15, 0.2) is 0 Å². The summed E-state index contributed by atoms with van der Waals surface area (Å²) < 4.78 is 0. The van der Waals surface area contributed by atoms with E-state index in [-0.39, 0.29) is 11.3 Å². The van der Waals surface area contributed by atoms with Crippen LogP contribution in [0.25, 0.3) is 0 Å². The maximum atomic E-state index is 11.1. The number of rotatable bonds is 3. The first kappa shape index (κ1) is 12.5. The van der Waals surface area contributed by atoms with E-state index in [4.69, 9.17) is 5.11 Å². The van der Waals surface area contributed by atoms with Gasteiger partial charge in [-0.2, -0.15) is 0 Å². The lowest BCUT2D eigenvalue weighted by Gasteiger charge is -2.33. The number of carboxylic acid groups (broad SMARTS) is 1. The van der Waals surface area contributed by atoms with Gasteiger partial charge in [-0.05, 0) is 30.6 Å². The van der Waals surface area contributed by atoms with E-state index < -0.39 is 17.5 Å². The van der Waals surface area contributed by atoms with E-state index in [9.17, 15) is 9.90 Å². The quantitative estimate of drug-likeness (QED) is 0.757. The van der Waals surface area contributed by atoms with Crippen LogP contribution in [-0.4, -0.2) is 21.8 Å². The number of carbonyl (C=O) groups is 1. The molecule has 0 aliphatic heterocycles. The minimum atomic E-state index is -1.02. The Balaban J connectivity index is 2.96. The summed E-state index contributed by atoms with van der Waals surface area (Å²) in [5, 5.41) is 19.7. The monoisotopic (exact) mass is 214 g/mol. The molecule has 0 aromatic heterocycles. The Labute approximate surface area is 91.5 Å². The van der Waals surface area contributed by atoms with Crippen LogP contribution >= 0.6 is 0 Å². The second-order valence-corrected chi connectivity index (χ2v) is 5.74. The molecule has 3 heteroatoms. The zero-order chi connectivity index (χ0) is 11.9. The lowest BCUT2D eigenvalue weighted by molar-refractivity contribution is -0.155. The van der Waals surface area contributed by atoms with Gasteiger partial charge in [0, 0.05) is 0 Å². The van der Waals surface area contributed by atoms with Gasteiger partial charge in [0.1, 0.15) is 0 Å². The van der Waals surface area contributed by atoms with Gasteiger partial charge in [0.05, 0.1) is 11.5 Å². The number of hydrogen-bond acceptors (Lipinski definition) is 2. The first-order chi connectivity index (χ1) is 6.73. The number of aliphatic hydroxyl groups is 1. The van der Waals surface area contributed by atoms with Gasteiger partial charge in [-0.1, -0.05) is 27.7 Å². The molecule has 3 nitrogen and oxygen atoms in total. The number of aliphatic carboxylic acids is 1. The normalized spacial score (nSPS) is 36.5. The molecule has 3 atom stereocenters. The molecule has 0 aromatic rings. The Bertz CT molecular complexity index is 260. The largest absolute Gasteiger partial charge is 0.481 e. The van der Waals surface area contributed by atoms with E-state index in [0.717, 1.165) is 6.42 Å². The third-order valence-electron chi connectivity index (χ3n) is 3.78. The summed E-state index contributed by atoms with van der Waals surface area (Å²) in [6.07, 6.45) is 1.98. The molecular formula is C12H22O3. The molecule has 1 saturated carbocycles. The van der Waals surface area contributed by atoms with Crippen LogP contribution in [0, 0.1) is 17.3 Å². The molecule has 0 spiro atoms. The SMILES string of the molecule is CCC(C(=O)O)C1(O)CC(C)(C)CC1C. The highest BCUT2D eigenvalue weighted by molar-refractivity contribution is 5.71. The fraction of sp³-hybridized carbons (Fsp3) is 0.917. The minimum Gasteiger partial charge on any atom is -0.481 e. The van der Waals surface area contributed by atoms with Gasteiger partial charge < -0.3 is 10.2 Å². The van der Waals surface area contributed by atoms with Crippen molar-refractivity contribution >= 4 is 5.97 Å². The van der Waals surface area contributed by atoms with Crippen molar-refractivity contribution in [3.05, 3.63) is 0 Å². The molecule has 15 heavy (non-hydrogen) atoms. The molecule has 0 aromatic carbocycles. The fourth-order valence-electron chi connectivity index (χ4n) is 3.23. The molecule has 88 valence electrons. The van der Waals surface area contributed by atoms with Crippen LogP contribution in [0.1, 0.15) is 47.0 Å². The molecule has 1 fully saturated rings. The zero-order valence-corrected chi connectivity index (χ0v) is 10.1. The summed E-state index contributed by atoms with van der Waals surface area (Å²) in [4.78, 5) is 11.1. The van der Waals surface area contributed by atoms with Gasteiger partial charge in [-0.25, -0.2) is 0 Å². The molecule has 0 bridgehead atoms. The molecule has 1 aliphatic carbocycles. The third kappa shape index (κ3) is 2.17. The fourth-order valence-corrected chi connectivity index (χ4v) is 3.23. The van der Waals surface area contributed by atoms with Crippen LogP contribution in [0.15, 0.2) is 0 Å². The average molecular weight is 214 g/mol. The molecule has 1 aliphatic rings. The summed E-state index contributed by atoms with van der Waals surface area (Å²) in [5.41, 5.74) is -0.971. The van der Waals surface area contributed by atoms with Crippen LogP contribution in [-0.2, 0) is 4.79 Å². The second kappa shape index (κ2) is 3.78. The minimum absolute atomic E-state index is 0.0526. The van der Waals surface area contributed by atoms with E-state index in [1.807, 2.05) is 13.8 Å². The van der Waals surface area contributed by atoms with Crippen molar-refractivity contribution in [2.45, 2.75) is 52.6 Å². The predicted octanol–water partition coefficient (Wildman–Crippen LogP) is 2.28. The maximum absolute atomic E-state index is 11.1. The highest BCUT2D eigenvalue weighted by Crippen LogP contribution is 2.51. The lowest BCUT2D eigenvalue weighted by atomic mass is 9.77. The first-order valence-corrected chi connectivity index (χ1v) is 5.68. The third-order valence-corrected chi connectivity index (χ3v) is 3.78. The number of carboxylic acids is 1. The zero-order valence-electron chi connectivity index (χ0n) is 10.1. The Hall–Kier alpha value is -0.570. The Morgan fingerprint density at radius 3 is 2.33 bits per heavy atom. The van der Waals surface area contributed by atoms with Crippen molar-refractivity contribution in [1.82, 2.24) is 0 Å².